The molecule has 1 aromatic rings. The second kappa shape index (κ2) is 7.25. The van der Waals surface area contributed by atoms with Crippen molar-refractivity contribution in [2.75, 3.05) is 19.7 Å². The van der Waals surface area contributed by atoms with Gasteiger partial charge in [-0.15, -0.1) is 0 Å². The Bertz CT molecular complexity index is 284. The minimum absolute atomic E-state index is 0.321. The summed E-state index contributed by atoms with van der Waals surface area (Å²) in [6.07, 6.45) is 0.359. The zero-order chi connectivity index (χ0) is 11.8. The number of hydrogen-bond donors (Lipinski definition) is 2. The van der Waals surface area contributed by atoms with E-state index in [-0.39, 0.29) is 6.10 Å². The molecule has 0 saturated carbocycles. The molecule has 0 aliphatic heterocycles. The van der Waals surface area contributed by atoms with Crippen LogP contribution in [0, 0.1) is 0 Å². The van der Waals surface area contributed by atoms with Crippen molar-refractivity contribution < 1.29 is 9.84 Å². The quantitative estimate of drug-likeness (QED) is 0.737. The standard InChI is InChI=1S/C13H21NO2/c1-3-14-10-12(15)9-11-5-7-13(8-6-11)16-4-2/h5-8,12,14-15H,3-4,9-10H2,1-2H3/t12-/m0/s1. The molecule has 1 rings (SSSR count). The Balaban J connectivity index is 2.41. The third kappa shape index (κ3) is 4.64. The average Bonchev–Trinajstić information content (AvgIpc) is 2.29. The van der Waals surface area contributed by atoms with Gasteiger partial charge in [-0.1, -0.05) is 19.1 Å². The van der Waals surface area contributed by atoms with Crippen LogP contribution in [-0.4, -0.2) is 30.9 Å². The van der Waals surface area contributed by atoms with E-state index in [1.807, 2.05) is 38.1 Å². The van der Waals surface area contributed by atoms with Crippen LogP contribution in [0.3, 0.4) is 0 Å². The molecule has 0 heterocycles. The first-order valence-corrected chi connectivity index (χ1v) is 5.86. The highest BCUT2D eigenvalue weighted by Gasteiger charge is 2.04. The molecule has 0 aromatic heterocycles. The van der Waals surface area contributed by atoms with Gasteiger partial charge in [0.15, 0.2) is 0 Å². The predicted octanol–water partition coefficient (Wildman–Crippen LogP) is 1.60. The molecule has 0 fully saturated rings. The van der Waals surface area contributed by atoms with Crippen LogP contribution in [0.15, 0.2) is 24.3 Å². The highest BCUT2D eigenvalue weighted by Crippen LogP contribution is 2.13. The number of aliphatic hydroxyl groups is 1. The Morgan fingerprint density at radius 3 is 2.50 bits per heavy atom. The third-order valence-electron chi connectivity index (χ3n) is 2.34. The molecule has 2 N–H and O–H groups in total. The van der Waals surface area contributed by atoms with Gasteiger partial charge in [-0.3, -0.25) is 0 Å². The highest BCUT2D eigenvalue weighted by atomic mass is 16.5. The summed E-state index contributed by atoms with van der Waals surface area (Å²) in [6, 6.07) is 7.89. The summed E-state index contributed by atoms with van der Waals surface area (Å²) in [7, 11) is 0. The average molecular weight is 223 g/mol. The fourth-order valence-electron chi connectivity index (χ4n) is 1.54. The monoisotopic (exact) mass is 223 g/mol. The Labute approximate surface area is 97.4 Å². The highest BCUT2D eigenvalue weighted by molar-refractivity contribution is 5.27. The summed E-state index contributed by atoms with van der Waals surface area (Å²) in [4.78, 5) is 0. The Kier molecular flexibility index (Phi) is 5.90. The van der Waals surface area contributed by atoms with Gasteiger partial charge < -0.3 is 15.2 Å². The summed E-state index contributed by atoms with van der Waals surface area (Å²) in [5, 5.41) is 12.8. The number of ether oxygens (including phenoxy) is 1. The smallest absolute Gasteiger partial charge is 0.119 e. The van der Waals surface area contributed by atoms with Crippen LogP contribution in [0.4, 0.5) is 0 Å². The third-order valence-corrected chi connectivity index (χ3v) is 2.34. The fourth-order valence-corrected chi connectivity index (χ4v) is 1.54. The van der Waals surface area contributed by atoms with E-state index in [2.05, 4.69) is 5.32 Å². The summed E-state index contributed by atoms with van der Waals surface area (Å²) in [5.41, 5.74) is 1.13. The molecule has 0 bridgehead atoms. The van der Waals surface area contributed by atoms with Crippen LogP contribution in [-0.2, 0) is 6.42 Å². The van der Waals surface area contributed by atoms with E-state index in [0.29, 0.717) is 19.6 Å². The molecule has 3 heteroatoms. The van der Waals surface area contributed by atoms with Crippen LogP contribution in [0.25, 0.3) is 0 Å². The molecule has 0 amide bonds. The zero-order valence-electron chi connectivity index (χ0n) is 10.1. The van der Waals surface area contributed by atoms with Gasteiger partial charge in [-0.2, -0.15) is 0 Å². The number of likely N-dealkylation sites (N-methyl/N-ethyl adjacent to an activating group) is 1. The lowest BCUT2D eigenvalue weighted by Gasteiger charge is -2.11. The topological polar surface area (TPSA) is 41.5 Å². The molecular weight excluding hydrogens is 202 g/mol. The number of aliphatic hydroxyl groups excluding tert-OH is 1. The minimum Gasteiger partial charge on any atom is -0.494 e. The van der Waals surface area contributed by atoms with E-state index in [0.717, 1.165) is 17.9 Å². The van der Waals surface area contributed by atoms with Crippen molar-refractivity contribution >= 4 is 0 Å². The van der Waals surface area contributed by atoms with Crippen LogP contribution in [0.5, 0.6) is 5.75 Å². The lowest BCUT2D eigenvalue weighted by atomic mass is 10.1. The first-order valence-electron chi connectivity index (χ1n) is 5.86. The zero-order valence-corrected chi connectivity index (χ0v) is 10.1. The van der Waals surface area contributed by atoms with Crippen molar-refractivity contribution in [3.63, 3.8) is 0 Å². The van der Waals surface area contributed by atoms with Gasteiger partial charge in [0, 0.05) is 6.54 Å². The number of benzene rings is 1. The van der Waals surface area contributed by atoms with E-state index >= 15 is 0 Å². The SMILES string of the molecule is CCNC[C@@H](O)Cc1ccc(OCC)cc1. The van der Waals surface area contributed by atoms with E-state index in [1.54, 1.807) is 0 Å². The fraction of sp³-hybridized carbons (Fsp3) is 0.538. The molecule has 16 heavy (non-hydrogen) atoms. The van der Waals surface area contributed by atoms with E-state index < -0.39 is 0 Å². The second-order valence-electron chi connectivity index (χ2n) is 3.74. The van der Waals surface area contributed by atoms with Gasteiger partial charge in [-0.25, -0.2) is 0 Å². The van der Waals surface area contributed by atoms with E-state index in [1.165, 1.54) is 0 Å². The lowest BCUT2D eigenvalue weighted by molar-refractivity contribution is 0.172. The first-order chi connectivity index (χ1) is 7.76. The molecule has 0 aliphatic rings. The van der Waals surface area contributed by atoms with Gasteiger partial charge >= 0.3 is 0 Å². The molecule has 3 nitrogen and oxygen atoms in total. The van der Waals surface area contributed by atoms with Gasteiger partial charge in [0.05, 0.1) is 12.7 Å². The normalized spacial score (nSPS) is 12.4. The summed E-state index contributed by atoms with van der Waals surface area (Å²) < 4.78 is 5.36. The predicted molar refractivity (Wildman–Crippen MR) is 65.9 cm³/mol. The van der Waals surface area contributed by atoms with Crippen LogP contribution >= 0.6 is 0 Å². The molecule has 0 radical (unpaired) electrons. The van der Waals surface area contributed by atoms with Crippen molar-refractivity contribution in [3.05, 3.63) is 29.8 Å². The largest absolute Gasteiger partial charge is 0.494 e. The van der Waals surface area contributed by atoms with E-state index in [4.69, 9.17) is 4.74 Å². The van der Waals surface area contributed by atoms with Crippen molar-refractivity contribution in [1.82, 2.24) is 5.32 Å². The molecule has 0 spiro atoms. The van der Waals surface area contributed by atoms with E-state index in [9.17, 15) is 5.11 Å². The molecule has 1 aromatic carbocycles. The van der Waals surface area contributed by atoms with Gasteiger partial charge in [0.1, 0.15) is 5.75 Å². The van der Waals surface area contributed by atoms with Gasteiger partial charge in [0.2, 0.25) is 0 Å². The Morgan fingerprint density at radius 1 is 1.25 bits per heavy atom. The van der Waals surface area contributed by atoms with Crippen molar-refractivity contribution in [1.29, 1.82) is 0 Å². The second-order valence-corrected chi connectivity index (χ2v) is 3.74. The maximum Gasteiger partial charge on any atom is 0.119 e. The first kappa shape index (κ1) is 13.0. The van der Waals surface area contributed by atoms with Crippen LogP contribution in [0.1, 0.15) is 19.4 Å². The van der Waals surface area contributed by atoms with Crippen molar-refractivity contribution in [2.45, 2.75) is 26.4 Å². The molecular formula is C13H21NO2. The van der Waals surface area contributed by atoms with Gasteiger partial charge in [-0.05, 0) is 37.6 Å². The maximum absolute atomic E-state index is 9.71. The summed E-state index contributed by atoms with van der Waals surface area (Å²) in [6.45, 7) is 6.21. The molecule has 90 valence electrons. The molecule has 0 aliphatic carbocycles. The van der Waals surface area contributed by atoms with Crippen LogP contribution in [0.2, 0.25) is 0 Å². The van der Waals surface area contributed by atoms with Crippen LogP contribution < -0.4 is 10.1 Å². The van der Waals surface area contributed by atoms with Crippen molar-refractivity contribution in [3.8, 4) is 5.75 Å². The molecule has 0 saturated heterocycles. The Morgan fingerprint density at radius 2 is 1.94 bits per heavy atom. The summed E-state index contributed by atoms with van der Waals surface area (Å²) in [5.74, 6) is 0.882. The minimum atomic E-state index is -0.321. The maximum atomic E-state index is 9.71. The lowest BCUT2D eigenvalue weighted by Crippen LogP contribution is -2.28. The number of rotatable bonds is 7. The summed E-state index contributed by atoms with van der Waals surface area (Å²) >= 11 is 0. The molecule has 0 unspecified atom stereocenters. The molecule has 1 atom stereocenters. The number of hydrogen-bond acceptors (Lipinski definition) is 3. The van der Waals surface area contributed by atoms with Gasteiger partial charge in [0.25, 0.3) is 0 Å². The van der Waals surface area contributed by atoms with Crippen molar-refractivity contribution in [2.24, 2.45) is 0 Å². The Hall–Kier alpha value is -1.06. The number of nitrogens with one attached hydrogen (secondary N) is 1.